The minimum atomic E-state index is -0.326. The molecule has 5 heteroatoms. The fraction of sp³-hybridized carbons (Fsp3) is 0.417. The second-order valence-corrected chi connectivity index (χ2v) is 4.78. The largest absolute Gasteiger partial charge is 0.508 e. The molecule has 0 radical (unpaired) electrons. The molecule has 0 heterocycles. The molecule has 1 rings (SSSR count). The predicted octanol–water partition coefficient (Wildman–Crippen LogP) is 3.18. The molecule has 2 N–H and O–H groups in total. The molecule has 0 spiro atoms. The second-order valence-electron chi connectivity index (χ2n) is 3.76. The number of hydrogen-bond acceptors (Lipinski definition) is 2. The van der Waals surface area contributed by atoms with Crippen molar-refractivity contribution in [2.75, 3.05) is 6.54 Å². The highest BCUT2D eigenvalue weighted by Gasteiger charge is 2.12. The van der Waals surface area contributed by atoms with E-state index in [2.05, 4.69) is 5.32 Å². The predicted molar refractivity (Wildman–Crippen MR) is 70.0 cm³/mol. The summed E-state index contributed by atoms with van der Waals surface area (Å²) >= 11 is 11.8. The van der Waals surface area contributed by atoms with Crippen LogP contribution in [0.25, 0.3) is 0 Å². The fourth-order valence-corrected chi connectivity index (χ4v) is 1.90. The molecule has 1 unspecified atom stereocenters. The molecule has 0 aliphatic rings. The molecule has 0 aromatic heterocycles. The van der Waals surface area contributed by atoms with E-state index < -0.39 is 0 Å². The zero-order chi connectivity index (χ0) is 12.8. The molecule has 17 heavy (non-hydrogen) atoms. The van der Waals surface area contributed by atoms with E-state index in [-0.39, 0.29) is 22.6 Å². The summed E-state index contributed by atoms with van der Waals surface area (Å²) in [7, 11) is 0. The highest BCUT2D eigenvalue weighted by Crippen LogP contribution is 2.21. The number of nitrogens with one attached hydrogen (secondary N) is 1. The Kier molecular flexibility index (Phi) is 5.59. The summed E-state index contributed by atoms with van der Waals surface area (Å²) in [5, 5.41) is 12.2. The third kappa shape index (κ3) is 4.44. The molecule has 1 amide bonds. The highest BCUT2D eigenvalue weighted by atomic mass is 35.5. The van der Waals surface area contributed by atoms with Crippen LogP contribution in [-0.4, -0.2) is 22.9 Å². The Morgan fingerprint density at radius 2 is 2.24 bits per heavy atom. The molecule has 0 aliphatic heterocycles. The Hall–Kier alpha value is -0.930. The zero-order valence-corrected chi connectivity index (χ0v) is 11.1. The molecule has 1 aromatic carbocycles. The summed E-state index contributed by atoms with van der Waals surface area (Å²) in [4.78, 5) is 11.8. The maximum atomic E-state index is 11.8. The van der Waals surface area contributed by atoms with Gasteiger partial charge in [-0.2, -0.15) is 0 Å². The first-order valence-electron chi connectivity index (χ1n) is 5.45. The van der Waals surface area contributed by atoms with E-state index >= 15 is 0 Å². The van der Waals surface area contributed by atoms with Gasteiger partial charge in [0.25, 0.3) is 5.91 Å². The Balaban J connectivity index is 2.61. The summed E-state index contributed by atoms with van der Waals surface area (Å²) < 4.78 is 0. The number of alkyl halides is 1. The topological polar surface area (TPSA) is 49.3 Å². The zero-order valence-electron chi connectivity index (χ0n) is 9.54. The van der Waals surface area contributed by atoms with Crippen LogP contribution in [0.4, 0.5) is 0 Å². The number of carbonyl (C=O) groups excluding carboxylic acids is 1. The molecule has 3 nitrogen and oxygen atoms in total. The third-order valence-corrected chi connectivity index (χ3v) is 2.98. The van der Waals surface area contributed by atoms with Crippen LogP contribution in [0.3, 0.4) is 0 Å². The maximum absolute atomic E-state index is 11.8. The molecule has 0 fully saturated rings. The van der Waals surface area contributed by atoms with Crippen LogP contribution in [0, 0.1) is 0 Å². The lowest BCUT2D eigenvalue weighted by atomic mass is 10.2. The van der Waals surface area contributed by atoms with Crippen molar-refractivity contribution < 1.29 is 9.90 Å². The van der Waals surface area contributed by atoms with Crippen molar-refractivity contribution in [2.24, 2.45) is 0 Å². The standard InChI is InChI=1S/C12H15Cl2NO2/c1-2-3-8(13)7-15-12(17)10-6-9(16)4-5-11(10)14/h4-6,8,16H,2-3,7H2,1H3,(H,15,17). The van der Waals surface area contributed by atoms with Gasteiger partial charge >= 0.3 is 0 Å². The van der Waals surface area contributed by atoms with Crippen LogP contribution in [0.1, 0.15) is 30.1 Å². The van der Waals surface area contributed by atoms with Crippen molar-refractivity contribution in [3.05, 3.63) is 28.8 Å². The Morgan fingerprint density at radius 3 is 2.88 bits per heavy atom. The fourth-order valence-electron chi connectivity index (χ4n) is 1.40. The Morgan fingerprint density at radius 1 is 1.53 bits per heavy atom. The van der Waals surface area contributed by atoms with Crippen molar-refractivity contribution in [3.63, 3.8) is 0 Å². The SMILES string of the molecule is CCCC(Cl)CNC(=O)c1cc(O)ccc1Cl. The molecular formula is C12H15Cl2NO2. The average molecular weight is 276 g/mol. The van der Waals surface area contributed by atoms with E-state index in [4.69, 9.17) is 23.2 Å². The Bertz CT molecular complexity index is 396. The van der Waals surface area contributed by atoms with Crippen LogP contribution >= 0.6 is 23.2 Å². The van der Waals surface area contributed by atoms with Gasteiger partial charge in [-0.05, 0) is 24.6 Å². The van der Waals surface area contributed by atoms with Crippen LogP contribution < -0.4 is 5.32 Å². The monoisotopic (exact) mass is 275 g/mol. The summed E-state index contributed by atoms with van der Waals surface area (Å²) in [5.41, 5.74) is 0.257. The number of aromatic hydroxyl groups is 1. The lowest BCUT2D eigenvalue weighted by Crippen LogP contribution is -2.29. The number of phenolic OH excluding ortho intramolecular Hbond substituents is 1. The average Bonchev–Trinajstić information content (AvgIpc) is 2.29. The van der Waals surface area contributed by atoms with Crippen LogP contribution in [-0.2, 0) is 0 Å². The first-order chi connectivity index (χ1) is 8.04. The minimum Gasteiger partial charge on any atom is -0.508 e. The third-order valence-electron chi connectivity index (χ3n) is 2.28. The number of amides is 1. The second kappa shape index (κ2) is 6.72. The van der Waals surface area contributed by atoms with Gasteiger partial charge < -0.3 is 10.4 Å². The molecule has 0 saturated heterocycles. The van der Waals surface area contributed by atoms with Gasteiger partial charge in [0.1, 0.15) is 5.75 Å². The maximum Gasteiger partial charge on any atom is 0.252 e. The van der Waals surface area contributed by atoms with Crippen molar-refractivity contribution >= 4 is 29.1 Å². The number of benzene rings is 1. The number of hydrogen-bond donors (Lipinski definition) is 2. The number of rotatable bonds is 5. The quantitative estimate of drug-likeness (QED) is 0.811. The van der Waals surface area contributed by atoms with Crippen LogP contribution in [0.2, 0.25) is 5.02 Å². The molecule has 1 aromatic rings. The summed E-state index contributed by atoms with van der Waals surface area (Å²) in [5.74, 6) is -0.316. The van der Waals surface area contributed by atoms with Crippen molar-refractivity contribution in [3.8, 4) is 5.75 Å². The normalized spacial score (nSPS) is 12.2. The van der Waals surface area contributed by atoms with Gasteiger partial charge in [0.15, 0.2) is 0 Å². The summed E-state index contributed by atoms with van der Waals surface area (Å²) in [6, 6.07) is 4.25. The van der Waals surface area contributed by atoms with Gasteiger partial charge in [0, 0.05) is 6.54 Å². The Labute approximate surface area is 111 Å². The van der Waals surface area contributed by atoms with Gasteiger partial charge in [-0.15, -0.1) is 11.6 Å². The lowest BCUT2D eigenvalue weighted by Gasteiger charge is -2.10. The first-order valence-corrected chi connectivity index (χ1v) is 6.26. The molecular weight excluding hydrogens is 261 g/mol. The van der Waals surface area contributed by atoms with Crippen molar-refractivity contribution in [1.29, 1.82) is 0 Å². The molecule has 0 saturated carbocycles. The molecule has 0 bridgehead atoms. The number of phenols is 1. The number of halogens is 2. The van der Waals surface area contributed by atoms with E-state index in [9.17, 15) is 9.90 Å². The van der Waals surface area contributed by atoms with Gasteiger partial charge in [-0.1, -0.05) is 24.9 Å². The summed E-state index contributed by atoms with van der Waals surface area (Å²) in [6.07, 6.45) is 1.81. The van der Waals surface area contributed by atoms with Gasteiger partial charge in [-0.25, -0.2) is 0 Å². The highest BCUT2D eigenvalue weighted by molar-refractivity contribution is 6.33. The minimum absolute atomic E-state index is 0.00975. The van der Waals surface area contributed by atoms with E-state index in [1.54, 1.807) is 0 Å². The summed E-state index contributed by atoms with van der Waals surface area (Å²) in [6.45, 7) is 2.42. The van der Waals surface area contributed by atoms with E-state index in [0.717, 1.165) is 12.8 Å². The molecule has 1 atom stereocenters. The van der Waals surface area contributed by atoms with Gasteiger partial charge in [0.2, 0.25) is 0 Å². The smallest absolute Gasteiger partial charge is 0.252 e. The first kappa shape index (κ1) is 14.1. The van der Waals surface area contributed by atoms with E-state index in [0.29, 0.717) is 11.6 Å². The molecule has 94 valence electrons. The van der Waals surface area contributed by atoms with Gasteiger partial charge in [-0.3, -0.25) is 4.79 Å². The van der Waals surface area contributed by atoms with Crippen LogP contribution in [0.15, 0.2) is 18.2 Å². The lowest BCUT2D eigenvalue weighted by molar-refractivity contribution is 0.0953. The van der Waals surface area contributed by atoms with Crippen molar-refractivity contribution in [1.82, 2.24) is 5.32 Å². The number of carbonyl (C=O) groups is 1. The van der Waals surface area contributed by atoms with E-state index in [1.807, 2.05) is 6.92 Å². The van der Waals surface area contributed by atoms with Crippen molar-refractivity contribution in [2.45, 2.75) is 25.1 Å². The van der Waals surface area contributed by atoms with Gasteiger partial charge in [0.05, 0.1) is 16.0 Å². The van der Waals surface area contributed by atoms with Crippen LogP contribution in [0.5, 0.6) is 5.75 Å². The molecule has 0 aliphatic carbocycles. The van der Waals surface area contributed by atoms with E-state index in [1.165, 1.54) is 18.2 Å².